The predicted octanol–water partition coefficient (Wildman–Crippen LogP) is 4.76. The van der Waals surface area contributed by atoms with Crippen molar-refractivity contribution in [3.8, 4) is 0 Å². The van der Waals surface area contributed by atoms with Crippen LogP contribution in [0.2, 0.25) is 0 Å². The molecule has 1 amide bonds. The van der Waals surface area contributed by atoms with Crippen LogP contribution in [0.3, 0.4) is 0 Å². The van der Waals surface area contributed by atoms with Crippen LogP contribution in [-0.4, -0.2) is 16.1 Å². The molecular weight excluding hydrogens is 369 g/mol. The summed E-state index contributed by atoms with van der Waals surface area (Å²) in [5, 5.41) is 12.0. The minimum absolute atomic E-state index is 0.199. The molecule has 132 valence electrons. The zero-order valence-electron chi connectivity index (χ0n) is 13.8. The lowest BCUT2D eigenvalue weighted by molar-refractivity contribution is -0.111. The number of amides is 1. The Balaban J connectivity index is 1.47. The molecule has 0 atom stereocenters. The molecule has 26 heavy (non-hydrogen) atoms. The summed E-state index contributed by atoms with van der Waals surface area (Å²) in [6, 6.07) is 16.3. The lowest BCUT2D eigenvalue weighted by Gasteiger charge is -2.01. The third-order valence-corrected chi connectivity index (χ3v) is 5.38. The van der Waals surface area contributed by atoms with Gasteiger partial charge in [-0.1, -0.05) is 59.9 Å². The lowest BCUT2D eigenvalue weighted by atomic mass is 10.2. The summed E-state index contributed by atoms with van der Waals surface area (Å²) < 4.78 is 13.6. The molecule has 0 fully saturated rings. The first-order valence-corrected chi connectivity index (χ1v) is 9.85. The maximum Gasteiger partial charge on any atom is 0.250 e. The number of hydrogen-bond donors (Lipinski definition) is 1. The Morgan fingerprint density at radius 3 is 2.65 bits per heavy atom. The zero-order valence-corrected chi connectivity index (χ0v) is 15.4. The van der Waals surface area contributed by atoms with Crippen LogP contribution in [0.25, 0.3) is 6.08 Å². The van der Waals surface area contributed by atoms with Gasteiger partial charge in [0.15, 0.2) is 0 Å². The Hall–Kier alpha value is -2.51. The summed E-state index contributed by atoms with van der Waals surface area (Å²) in [5.74, 6) is 0.723. The van der Waals surface area contributed by atoms with Gasteiger partial charge in [-0.15, -0.1) is 22.0 Å². The molecule has 1 N–H and O–H groups in total. The van der Waals surface area contributed by atoms with E-state index in [-0.39, 0.29) is 11.7 Å². The van der Waals surface area contributed by atoms with Gasteiger partial charge in [0, 0.05) is 17.6 Å². The second-order valence-corrected chi connectivity index (χ2v) is 7.37. The SMILES string of the molecule is O=C(C=Cc1ccccc1)Nc1nnc(CSCc2ccccc2F)s1. The summed E-state index contributed by atoms with van der Waals surface area (Å²) >= 11 is 2.87. The van der Waals surface area contributed by atoms with Gasteiger partial charge >= 0.3 is 0 Å². The lowest BCUT2D eigenvalue weighted by Crippen LogP contribution is -2.07. The van der Waals surface area contributed by atoms with E-state index in [9.17, 15) is 9.18 Å². The molecule has 0 saturated carbocycles. The van der Waals surface area contributed by atoms with E-state index in [1.54, 1.807) is 30.0 Å². The monoisotopic (exact) mass is 385 g/mol. The van der Waals surface area contributed by atoms with Crippen molar-refractivity contribution in [1.82, 2.24) is 10.2 Å². The summed E-state index contributed by atoms with van der Waals surface area (Å²) in [6.07, 6.45) is 3.20. The molecule has 0 radical (unpaired) electrons. The fourth-order valence-electron chi connectivity index (χ4n) is 2.11. The van der Waals surface area contributed by atoms with Crippen molar-refractivity contribution in [2.45, 2.75) is 11.5 Å². The van der Waals surface area contributed by atoms with E-state index in [1.165, 1.54) is 23.5 Å². The molecule has 3 aromatic rings. The molecule has 7 heteroatoms. The molecule has 0 saturated heterocycles. The van der Waals surface area contributed by atoms with Crippen LogP contribution < -0.4 is 5.32 Å². The number of carbonyl (C=O) groups excluding carboxylic acids is 1. The number of carbonyl (C=O) groups is 1. The van der Waals surface area contributed by atoms with Crippen LogP contribution in [0.1, 0.15) is 16.1 Å². The van der Waals surface area contributed by atoms with Crippen molar-refractivity contribution in [2.75, 3.05) is 5.32 Å². The Bertz CT molecular complexity index is 897. The van der Waals surface area contributed by atoms with Crippen molar-refractivity contribution in [2.24, 2.45) is 0 Å². The average Bonchev–Trinajstić information content (AvgIpc) is 3.10. The maximum atomic E-state index is 13.6. The highest BCUT2D eigenvalue weighted by Crippen LogP contribution is 2.23. The highest BCUT2D eigenvalue weighted by molar-refractivity contribution is 7.97. The molecule has 0 bridgehead atoms. The first-order valence-electron chi connectivity index (χ1n) is 7.88. The summed E-state index contributed by atoms with van der Waals surface area (Å²) in [4.78, 5) is 11.9. The van der Waals surface area contributed by atoms with Crippen molar-refractivity contribution in [3.05, 3.63) is 82.6 Å². The van der Waals surface area contributed by atoms with Gasteiger partial charge in [0.05, 0.1) is 0 Å². The van der Waals surface area contributed by atoms with E-state index in [0.29, 0.717) is 22.2 Å². The van der Waals surface area contributed by atoms with Crippen LogP contribution >= 0.6 is 23.1 Å². The first-order chi connectivity index (χ1) is 12.7. The summed E-state index contributed by atoms with van der Waals surface area (Å²) in [7, 11) is 0. The van der Waals surface area contributed by atoms with Gasteiger partial charge in [-0.05, 0) is 23.3 Å². The number of hydrogen-bond acceptors (Lipinski definition) is 5. The van der Waals surface area contributed by atoms with Crippen molar-refractivity contribution in [3.63, 3.8) is 0 Å². The predicted molar refractivity (Wildman–Crippen MR) is 105 cm³/mol. The van der Waals surface area contributed by atoms with E-state index in [4.69, 9.17) is 0 Å². The number of halogens is 1. The Morgan fingerprint density at radius 1 is 1.08 bits per heavy atom. The van der Waals surface area contributed by atoms with Crippen molar-refractivity contribution < 1.29 is 9.18 Å². The molecule has 4 nitrogen and oxygen atoms in total. The van der Waals surface area contributed by atoms with Crippen LogP contribution in [-0.2, 0) is 16.3 Å². The number of nitrogens with zero attached hydrogens (tertiary/aromatic N) is 2. The Labute approximate surface area is 159 Å². The third-order valence-electron chi connectivity index (χ3n) is 3.36. The Morgan fingerprint density at radius 2 is 1.85 bits per heavy atom. The van der Waals surface area contributed by atoms with E-state index in [2.05, 4.69) is 15.5 Å². The normalized spacial score (nSPS) is 11.0. The molecule has 0 aliphatic rings. The first kappa shape index (κ1) is 18.3. The summed E-state index contributed by atoms with van der Waals surface area (Å²) in [6.45, 7) is 0. The molecule has 0 unspecified atom stereocenters. The van der Waals surface area contributed by atoms with Crippen LogP contribution in [0.4, 0.5) is 9.52 Å². The minimum atomic E-state index is -0.254. The van der Waals surface area contributed by atoms with E-state index in [1.807, 2.05) is 36.4 Å². The molecule has 0 spiro atoms. The summed E-state index contributed by atoms with van der Waals surface area (Å²) in [5.41, 5.74) is 1.62. The maximum absolute atomic E-state index is 13.6. The van der Waals surface area contributed by atoms with E-state index >= 15 is 0 Å². The molecule has 1 heterocycles. The van der Waals surface area contributed by atoms with Crippen molar-refractivity contribution in [1.29, 1.82) is 0 Å². The van der Waals surface area contributed by atoms with Gasteiger partial charge in [0.1, 0.15) is 10.8 Å². The third kappa shape index (κ3) is 5.50. The quantitative estimate of drug-likeness (QED) is 0.596. The smallest absolute Gasteiger partial charge is 0.250 e. The van der Waals surface area contributed by atoms with Gasteiger partial charge in [-0.25, -0.2) is 4.39 Å². The topological polar surface area (TPSA) is 54.9 Å². The van der Waals surface area contributed by atoms with Crippen molar-refractivity contribution >= 4 is 40.2 Å². The minimum Gasteiger partial charge on any atom is -0.297 e. The standard InChI is InChI=1S/C19H16FN3OS2/c20-16-9-5-4-8-15(16)12-25-13-18-22-23-19(26-18)21-17(24)11-10-14-6-2-1-3-7-14/h1-11H,12-13H2,(H,21,23,24). The number of thioether (sulfide) groups is 1. The number of benzene rings is 2. The van der Waals surface area contributed by atoms with Gasteiger partial charge in [0.2, 0.25) is 11.0 Å². The zero-order chi connectivity index (χ0) is 18.2. The van der Waals surface area contributed by atoms with Gasteiger partial charge in [-0.3, -0.25) is 10.1 Å². The molecule has 2 aromatic carbocycles. The van der Waals surface area contributed by atoms with E-state index in [0.717, 1.165) is 10.6 Å². The molecule has 0 aliphatic heterocycles. The van der Waals surface area contributed by atoms with Gasteiger partial charge < -0.3 is 0 Å². The average molecular weight is 385 g/mol. The number of rotatable bonds is 7. The Kier molecular flexibility index (Phi) is 6.51. The molecule has 0 aliphatic carbocycles. The number of nitrogens with one attached hydrogen (secondary N) is 1. The highest BCUT2D eigenvalue weighted by Gasteiger charge is 2.07. The molecular formula is C19H16FN3OS2. The highest BCUT2D eigenvalue weighted by atomic mass is 32.2. The van der Waals surface area contributed by atoms with Crippen LogP contribution in [0, 0.1) is 5.82 Å². The number of anilines is 1. The second kappa shape index (κ2) is 9.26. The van der Waals surface area contributed by atoms with E-state index < -0.39 is 0 Å². The molecule has 3 rings (SSSR count). The number of aromatic nitrogens is 2. The fraction of sp³-hybridized carbons (Fsp3) is 0.105. The fourth-order valence-corrected chi connectivity index (χ4v) is 3.92. The van der Waals surface area contributed by atoms with Crippen LogP contribution in [0.5, 0.6) is 0 Å². The van der Waals surface area contributed by atoms with Gasteiger partial charge in [-0.2, -0.15) is 0 Å². The van der Waals surface area contributed by atoms with Crippen LogP contribution in [0.15, 0.2) is 60.7 Å². The molecule has 1 aromatic heterocycles. The largest absolute Gasteiger partial charge is 0.297 e. The van der Waals surface area contributed by atoms with Gasteiger partial charge in [0.25, 0.3) is 0 Å². The second-order valence-electron chi connectivity index (χ2n) is 5.32.